The SMILES string of the molecule is Cc1ccccc1CC(=O)Nc1c(N)cccc1Cl. The number of aryl methyl sites for hydroxylation is 1. The number of para-hydroxylation sites is 1. The van der Waals surface area contributed by atoms with Crippen molar-refractivity contribution >= 4 is 28.9 Å². The summed E-state index contributed by atoms with van der Waals surface area (Å²) >= 11 is 6.01. The molecule has 3 N–H and O–H groups in total. The summed E-state index contributed by atoms with van der Waals surface area (Å²) in [6, 6.07) is 12.9. The molecule has 0 aliphatic heterocycles. The molecule has 0 saturated carbocycles. The number of amides is 1. The molecule has 2 rings (SSSR count). The molecule has 0 fully saturated rings. The van der Waals surface area contributed by atoms with Gasteiger partial charge in [0.25, 0.3) is 0 Å². The van der Waals surface area contributed by atoms with Gasteiger partial charge in [-0.2, -0.15) is 0 Å². The van der Waals surface area contributed by atoms with E-state index in [4.69, 9.17) is 17.3 Å². The third-order valence-corrected chi connectivity index (χ3v) is 3.24. The fraction of sp³-hybridized carbons (Fsp3) is 0.133. The lowest BCUT2D eigenvalue weighted by Crippen LogP contribution is -2.16. The lowest BCUT2D eigenvalue weighted by molar-refractivity contribution is -0.115. The van der Waals surface area contributed by atoms with Crippen LogP contribution in [0.15, 0.2) is 42.5 Å². The second-order valence-electron chi connectivity index (χ2n) is 4.36. The Kier molecular flexibility index (Phi) is 4.07. The number of nitrogens with two attached hydrogens (primary N) is 1. The van der Waals surface area contributed by atoms with Gasteiger partial charge in [0.2, 0.25) is 5.91 Å². The summed E-state index contributed by atoms with van der Waals surface area (Å²) in [6.45, 7) is 1.98. The van der Waals surface area contributed by atoms with Gasteiger partial charge in [-0.15, -0.1) is 0 Å². The van der Waals surface area contributed by atoms with Gasteiger partial charge in [0.1, 0.15) is 0 Å². The highest BCUT2D eigenvalue weighted by Gasteiger charge is 2.10. The first kappa shape index (κ1) is 13.4. The average Bonchev–Trinajstić information content (AvgIpc) is 2.37. The number of halogens is 1. The third-order valence-electron chi connectivity index (χ3n) is 2.92. The van der Waals surface area contributed by atoms with Gasteiger partial charge in [0.15, 0.2) is 0 Å². The molecule has 4 heteroatoms. The zero-order chi connectivity index (χ0) is 13.8. The van der Waals surface area contributed by atoms with Crippen LogP contribution in [0.2, 0.25) is 5.02 Å². The number of benzene rings is 2. The standard InChI is InChI=1S/C15H15ClN2O/c1-10-5-2-3-6-11(10)9-14(19)18-15-12(16)7-4-8-13(15)17/h2-8H,9,17H2,1H3,(H,18,19). The molecule has 0 aromatic heterocycles. The Morgan fingerprint density at radius 3 is 2.63 bits per heavy atom. The molecule has 0 aliphatic rings. The van der Waals surface area contributed by atoms with E-state index in [0.29, 0.717) is 22.8 Å². The first-order chi connectivity index (χ1) is 9.08. The van der Waals surface area contributed by atoms with Gasteiger partial charge in [-0.1, -0.05) is 41.9 Å². The van der Waals surface area contributed by atoms with Gasteiger partial charge >= 0.3 is 0 Å². The van der Waals surface area contributed by atoms with Crippen molar-refractivity contribution in [2.75, 3.05) is 11.1 Å². The fourth-order valence-corrected chi connectivity index (χ4v) is 2.07. The van der Waals surface area contributed by atoms with E-state index in [-0.39, 0.29) is 5.91 Å². The average molecular weight is 275 g/mol. The number of carbonyl (C=O) groups excluding carboxylic acids is 1. The van der Waals surface area contributed by atoms with Crippen molar-refractivity contribution in [3.63, 3.8) is 0 Å². The Balaban J connectivity index is 2.12. The maximum absolute atomic E-state index is 12.0. The molecule has 19 heavy (non-hydrogen) atoms. The molecule has 0 aliphatic carbocycles. The minimum Gasteiger partial charge on any atom is -0.397 e. The van der Waals surface area contributed by atoms with Crippen molar-refractivity contribution in [3.8, 4) is 0 Å². The molecular weight excluding hydrogens is 260 g/mol. The summed E-state index contributed by atoms with van der Waals surface area (Å²) in [4.78, 5) is 12.0. The normalized spacial score (nSPS) is 10.2. The van der Waals surface area contributed by atoms with E-state index in [1.807, 2.05) is 31.2 Å². The van der Waals surface area contributed by atoms with Crippen LogP contribution in [0.1, 0.15) is 11.1 Å². The minimum atomic E-state index is -0.130. The molecule has 2 aromatic carbocycles. The zero-order valence-electron chi connectivity index (χ0n) is 10.6. The quantitative estimate of drug-likeness (QED) is 0.843. The summed E-state index contributed by atoms with van der Waals surface area (Å²) in [7, 11) is 0. The Morgan fingerprint density at radius 1 is 1.21 bits per heavy atom. The number of nitrogens with one attached hydrogen (secondary N) is 1. The minimum absolute atomic E-state index is 0.130. The van der Waals surface area contributed by atoms with E-state index < -0.39 is 0 Å². The molecule has 0 bridgehead atoms. The number of hydrogen-bond acceptors (Lipinski definition) is 2. The summed E-state index contributed by atoms with van der Waals surface area (Å²) < 4.78 is 0. The summed E-state index contributed by atoms with van der Waals surface area (Å²) in [5.74, 6) is -0.130. The largest absolute Gasteiger partial charge is 0.397 e. The molecule has 0 saturated heterocycles. The van der Waals surface area contributed by atoms with E-state index in [2.05, 4.69) is 5.32 Å². The highest BCUT2D eigenvalue weighted by Crippen LogP contribution is 2.27. The molecular formula is C15H15ClN2O. The van der Waals surface area contributed by atoms with Crippen LogP contribution < -0.4 is 11.1 Å². The second-order valence-corrected chi connectivity index (χ2v) is 4.76. The number of carbonyl (C=O) groups is 1. The maximum Gasteiger partial charge on any atom is 0.228 e. The van der Waals surface area contributed by atoms with E-state index in [1.54, 1.807) is 18.2 Å². The Hall–Kier alpha value is -2.00. The molecule has 2 aromatic rings. The molecule has 0 unspecified atom stereocenters. The van der Waals surface area contributed by atoms with Crippen LogP contribution in [-0.2, 0) is 11.2 Å². The monoisotopic (exact) mass is 274 g/mol. The maximum atomic E-state index is 12.0. The van der Waals surface area contributed by atoms with Gasteiger partial charge in [0, 0.05) is 0 Å². The number of anilines is 2. The lowest BCUT2D eigenvalue weighted by Gasteiger charge is -2.10. The number of rotatable bonds is 3. The van der Waals surface area contributed by atoms with Gasteiger partial charge in [-0.05, 0) is 30.2 Å². The van der Waals surface area contributed by atoms with Gasteiger partial charge in [-0.25, -0.2) is 0 Å². The lowest BCUT2D eigenvalue weighted by atomic mass is 10.1. The van der Waals surface area contributed by atoms with Crippen molar-refractivity contribution in [2.24, 2.45) is 0 Å². The Morgan fingerprint density at radius 2 is 1.95 bits per heavy atom. The highest BCUT2D eigenvalue weighted by molar-refractivity contribution is 6.34. The van der Waals surface area contributed by atoms with E-state index in [1.165, 1.54) is 0 Å². The van der Waals surface area contributed by atoms with Crippen LogP contribution in [-0.4, -0.2) is 5.91 Å². The summed E-state index contributed by atoms with van der Waals surface area (Å²) in [5.41, 5.74) is 8.81. The first-order valence-corrected chi connectivity index (χ1v) is 6.34. The van der Waals surface area contributed by atoms with Crippen LogP contribution >= 0.6 is 11.6 Å². The molecule has 1 amide bonds. The van der Waals surface area contributed by atoms with Gasteiger partial charge in [0.05, 0.1) is 22.8 Å². The number of hydrogen-bond donors (Lipinski definition) is 2. The van der Waals surface area contributed by atoms with Gasteiger partial charge < -0.3 is 11.1 Å². The molecule has 3 nitrogen and oxygen atoms in total. The Labute approximate surface area is 117 Å². The van der Waals surface area contributed by atoms with Crippen LogP contribution in [0.5, 0.6) is 0 Å². The van der Waals surface area contributed by atoms with Crippen molar-refractivity contribution in [2.45, 2.75) is 13.3 Å². The summed E-state index contributed by atoms with van der Waals surface area (Å²) in [5, 5.41) is 3.20. The van der Waals surface area contributed by atoms with Gasteiger partial charge in [-0.3, -0.25) is 4.79 Å². The second kappa shape index (κ2) is 5.76. The van der Waals surface area contributed by atoms with E-state index in [9.17, 15) is 4.79 Å². The van der Waals surface area contributed by atoms with Crippen LogP contribution in [0.3, 0.4) is 0 Å². The first-order valence-electron chi connectivity index (χ1n) is 5.96. The summed E-state index contributed by atoms with van der Waals surface area (Å²) in [6.07, 6.45) is 0.303. The molecule has 0 heterocycles. The zero-order valence-corrected chi connectivity index (χ0v) is 11.4. The highest BCUT2D eigenvalue weighted by atomic mass is 35.5. The van der Waals surface area contributed by atoms with E-state index in [0.717, 1.165) is 11.1 Å². The molecule has 0 spiro atoms. The van der Waals surface area contributed by atoms with Crippen LogP contribution in [0.4, 0.5) is 11.4 Å². The molecule has 98 valence electrons. The molecule has 0 atom stereocenters. The third kappa shape index (κ3) is 3.26. The molecule has 0 radical (unpaired) electrons. The van der Waals surface area contributed by atoms with E-state index >= 15 is 0 Å². The fourth-order valence-electron chi connectivity index (χ4n) is 1.84. The van der Waals surface area contributed by atoms with Crippen molar-refractivity contribution < 1.29 is 4.79 Å². The number of nitrogen functional groups attached to an aromatic ring is 1. The predicted octanol–water partition coefficient (Wildman–Crippen LogP) is 3.41. The van der Waals surface area contributed by atoms with Crippen molar-refractivity contribution in [1.82, 2.24) is 0 Å². The topological polar surface area (TPSA) is 55.1 Å². The predicted molar refractivity (Wildman–Crippen MR) is 79.4 cm³/mol. The smallest absolute Gasteiger partial charge is 0.228 e. The van der Waals surface area contributed by atoms with Crippen LogP contribution in [0.25, 0.3) is 0 Å². The van der Waals surface area contributed by atoms with Crippen LogP contribution in [0, 0.1) is 6.92 Å². The van der Waals surface area contributed by atoms with Crippen molar-refractivity contribution in [1.29, 1.82) is 0 Å². The van der Waals surface area contributed by atoms with Crippen molar-refractivity contribution in [3.05, 3.63) is 58.6 Å². The Bertz CT molecular complexity index is 591.